The van der Waals surface area contributed by atoms with Crippen molar-refractivity contribution in [2.75, 3.05) is 31.6 Å². The van der Waals surface area contributed by atoms with Crippen LogP contribution in [0.2, 0.25) is 0 Å². The molecule has 5 atom stereocenters. The van der Waals surface area contributed by atoms with Crippen molar-refractivity contribution in [3.8, 4) is 0 Å². The number of allylic oxidation sites excluding steroid dienone is 1. The van der Waals surface area contributed by atoms with E-state index in [9.17, 15) is 14.7 Å². The van der Waals surface area contributed by atoms with Crippen LogP contribution >= 0.6 is 0 Å². The van der Waals surface area contributed by atoms with Crippen molar-refractivity contribution in [2.24, 2.45) is 11.8 Å². The molecule has 6 heteroatoms. The Hall–Kier alpha value is -2.02. The number of anilines is 1. The molecule has 1 amide bonds. The van der Waals surface area contributed by atoms with Crippen LogP contribution in [0.15, 0.2) is 35.9 Å². The molecule has 1 N–H and O–H groups in total. The summed E-state index contributed by atoms with van der Waals surface area (Å²) in [6.45, 7) is 3.89. The van der Waals surface area contributed by atoms with Gasteiger partial charge in [0.1, 0.15) is 5.78 Å². The van der Waals surface area contributed by atoms with Crippen molar-refractivity contribution >= 4 is 17.4 Å². The van der Waals surface area contributed by atoms with Gasteiger partial charge in [0.2, 0.25) is 6.29 Å². The maximum absolute atomic E-state index is 13.8. The van der Waals surface area contributed by atoms with E-state index < -0.39 is 17.6 Å². The van der Waals surface area contributed by atoms with Gasteiger partial charge in [-0.25, -0.2) is 0 Å². The lowest BCUT2D eigenvalue weighted by molar-refractivity contribution is -0.154. The Morgan fingerprint density at radius 3 is 2.86 bits per heavy atom. The molecule has 1 aromatic carbocycles. The van der Waals surface area contributed by atoms with Crippen molar-refractivity contribution in [2.45, 2.75) is 37.5 Å². The number of fused-ring (bicyclic) bond motifs is 5. The lowest BCUT2D eigenvalue weighted by atomic mass is 9.57. The number of nitrogens with zero attached hydrogens (tertiary/aromatic N) is 2. The van der Waals surface area contributed by atoms with Gasteiger partial charge in [-0.05, 0) is 44.5 Å². The lowest BCUT2D eigenvalue weighted by Crippen LogP contribution is -2.61. The van der Waals surface area contributed by atoms with E-state index in [2.05, 4.69) is 18.0 Å². The first-order chi connectivity index (χ1) is 13.5. The molecule has 1 spiro atoms. The summed E-state index contributed by atoms with van der Waals surface area (Å²) in [6, 6.07) is 7.42. The minimum absolute atomic E-state index is 0.0195. The number of carbonyl (C=O) groups is 2. The van der Waals surface area contributed by atoms with Crippen molar-refractivity contribution in [3.63, 3.8) is 0 Å². The first-order valence-corrected chi connectivity index (χ1v) is 10.1. The number of amides is 1. The largest absolute Gasteiger partial charge is 0.360 e. The van der Waals surface area contributed by atoms with E-state index in [1.807, 2.05) is 31.2 Å². The van der Waals surface area contributed by atoms with Gasteiger partial charge in [0.15, 0.2) is 0 Å². The zero-order chi connectivity index (χ0) is 19.6. The van der Waals surface area contributed by atoms with Crippen molar-refractivity contribution in [1.82, 2.24) is 4.90 Å². The van der Waals surface area contributed by atoms with Crippen LogP contribution < -0.4 is 4.90 Å². The van der Waals surface area contributed by atoms with Gasteiger partial charge in [-0.1, -0.05) is 29.8 Å². The Labute approximate surface area is 164 Å². The lowest BCUT2D eigenvalue weighted by Gasteiger charge is -2.47. The van der Waals surface area contributed by atoms with Gasteiger partial charge in [0, 0.05) is 24.6 Å². The molecule has 2 bridgehead atoms. The standard InChI is InChI=1S/C22H26N2O4/c1-3-13-11-23(2)9-8-22-16-6-4-5-7-17(16)24-19(22)15(14(13)10-18(22)25)12-28-21(27)20(24)26/h3-7,14-15,19,21,27H,8-12H2,1-2H3/t14-,15+,19-,21-,22+/m0/s1. The zero-order valence-electron chi connectivity index (χ0n) is 16.3. The number of Topliss-reactive ketones (excluding diaryl/α,β-unsaturated/α-hetero) is 1. The second kappa shape index (κ2) is 6.24. The first kappa shape index (κ1) is 18.0. The number of carbonyl (C=O) groups excluding carboxylic acids is 2. The van der Waals surface area contributed by atoms with Crippen LogP contribution in [0, 0.1) is 11.8 Å². The van der Waals surface area contributed by atoms with E-state index in [-0.39, 0.29) is 30.3 Å². The molecule has 3 heterocycles. The molecule has 2 saturated heterocycles. The van der Waals surface area contributed by atoms with E-state index in [1.165, 1.54) is 5.57 Å². The summed E-state index contributed by atoms with van der Waals surface area (Å²) in [7, 11) is 2.09. The van der Waals surface area contributed by atoms with Gasteiger partial charge in [-0.2, -0.15) is 0 Å². The zero-order valence-corrected chi connectivity index (χ0v) is 16.3. The fraction of sp³-hybridized carbons (Fsp3) is 0.545. The molecule has 1 saturated carbocycles. The average molecular weight is 382 g/mol. The summed E-state index contributed by atoms with van der Waals surface area (Å²) >= 11 is 0. The molecule has 0 aromatic heterocycles. The SMILES string of the molecule is CC=C1CN(C)CC[C@]23C(=O)C[C@@H]1[C@H]1CO[C@H](O)C(=O)N(c4ccccc42)[C@@H]13. The van der Waals surface area contributed by atoms with E-state index in [4.69, 9.17) is 4.74 Å². The van der Waals surface area contributed by atoms with E-state index in [0.717, 1.165) is 24.3 Å². The number of benzene rings is 1. The topological polar surface area (TPSA) is 70.1 Å². The molecule has 4 aliphatic rings. The summed E-state index contributed by atoms with van der Waals surface area (Å²) in [5.41, 5.74) is 2.19. The van der Waals surface area contributed by atoms with E-state index >= 15 is 0 Å². The van der Waals surface area contributed by atoms with Gasteiger partial charge in [-0.3, -0.25) is 9.59 Å². The molecule has 6 nitrogen and oxygen atoms in total. The molecule has 28 heavy (non-hydrogen) atoms. The van der Waals surface area contributed by atoms with Crippen molar-refractivity contribution < 1.29 is 19.4 Å². The molecule has 0 unspecified atom stereocenters. The molecule has 1 aromatic rings. The smallest absolute Gasteiger partial charge is 0.284 e. The molecule has 3 aliphatic heterocycles. The maximum atomic E-state index is 13.8. The van der Waals surface area contributed by atoms with Crippen LogP contribution in [-0.4, -0.2) is 60.8 Å². The minimum atomic E-state index is -1.48. The van der Waals surface area contributed by atoms with Crippen LogP contribution in [0.5, 0.6) is 0 Å². The third-order valence-corrected chi connectivity index (χ3v) is 7.34. The van der Waals surface area contributed by atoms with Gasteiger partial charge >= 0.3 is 0 Å². The Balaban J connectivity index is 1.79. The second-order valence-corrected chi connectivity index (χ2v) is 8.58. The fourth-order valence-electron chi connectivity index (χ4n) is 6.08. The van der Waals surface area contributed by atoms with Crippen molar-refractivity contribution in [3.05, 3.63) is 41.5 Å². The third-order valence-electron chi connectivity index (χ3n) is 7.34. The quantitative estimate of drug-likeness (QED) is 0.689. The number of ether oxygens (including phenoxy) is 1. The van der Waals surface area contributed by atoms with Gasteiger partial charge in [0.05, 0.1) is 18.1 Å². The predicted octanol–water partition coefficient (Wildman–Crippen LogP) is 1.48. The highest BCUT2D eigenvalue weighted by Gasteiger charge is 2.65. The number of aliphatic hydroxyl groups is 1. The Morgan fingerprint density at radius 1 is 1.29 bits per heavy atom. The van der Waals surface area contributed by atoms with Crippen LogP contribution in [0.4, 0.5) is 5.69 Å². The fourth-order valence-corrected chi connectivity index (χ4v) is 6.08. The molecule has 3 fully saturated rings. The molecular formula is C22H26N2O4. The highest BCUT2D eigenvalue weighted by atomic mass is 16.6. The van der Waals surface area contributed by atoms with Gasteiger partial charge in [0.25, 0.3) is 5.91 Å². The summed E-state index contributed by atoms with van der Waals surface area (Å²) < 4.78 is 5.61. The van der Waals surface area contributed by atoms with E-state index in [1.54, 1.807) is 4.90 Å². The molecular weight excluding hydrogens is 356 g/mol. The van der Waals surface area contributed by atoms with Gasteiger partial charge < -0.3 is 19.6 Å². The van der Waals surface area contributed by atoms with Crippen LogP contribution in [-0.2, 0) is 19.7 Å². The number of likely N-dealkylation sites (N-methyl/N-ethyl adjacent to an activating group) is 1. The van der Waals surface area contributed by atoms with Crippen LogP contribution in [0.3, 0.4) is 0 Å². The number of aliphatic hydroxyl groups excluding tert-OH is 1. The minimum Gasteiger partial charge on any atom is -0.360 e. The Kier molecular flexibility index (Phi) is 4.02. The van der Waals surface area contributed by atoms with E-state index in [0.29, 0.717) is 12.8 Å². The normalized spacial score (nSPS) is 39.2. The van der Waals surface area contributed by atoms with Crippen molar-refractivity contribution in [1.29, 1.82) is 0 Å². The number of ketones is 1. The molecule has 1 aliphatic carbocycles. The Bertz CT molecular complexity index is 881. The molecule has 0 radical (unpaired) electrons. The monoisotopic (exact) mass is 382 g/mol. The van der Waals surface area contributed by atoms with Crippen LogP contribution in [0.25, 0.3) is 0 Å². The summed E-state index contributed by atoms with van der Waals surface area (Å²) in [4.78, 5) is 30.8. The van der Waals surface area contributed by atoms with Crippen LogP contribution in [0.1, 0.15) is 25.3 Å². The maximum Gasteiger partial charge on any atom is 0.284 e. The summed E-state index contributed by atoms with van der Waals surface area (Å²) in [5, 5.41) is 10.3. The highest BCUT2D eigenvalue weighted by Crippen LogP contribution is 2.57. The van der Waals surface area contributed by atoms with Gasteiger partial charge in [-0.15, -0.1) is 0 Å². The summed E-state index contributed by atoms with van der Waals surface area (Å²) in [6.07, 6.45) is 1.77. The first-order valence-electron chi connectivity index (χ1n) is 10.1. The average Bonchev–Trinajstić information content (AvgIpc) is 2.97. The highest BCUT2D eigenvalue weighted by molar-refractivity contribution is 6.06. The third kappa shape index (κ3) is 2.19. The number of rotatable bonds is 0. The molecule has 5 rings (SSSR count). The number of para-hydroxylation sites is 1. The Morgan fingerprint density at radius 2 is 2.07 bits per heavy atom. The number of hydrogen-bond donors (Lipinski definition) is 1. The molecule has 148 valence electrons. The second-order valence-electron chi connectivity index (χ2n) is 8.58. The predicted molar refractivity (Wildman–Crippen MR) is 104 cm³/mol. The number of hydrogen-bond acceptors (Lipinski definition) is 5. The summed E-state index contributed by atoms with van der Waals surface area (Å²) in [5.74, 6) is -0.243.